The Balaban J connectivity index is 2.79. The molecule has 6 nitrogen and oxygen atoms in total. The second kappa shape index (κ2) is 10.4. The summed E-state index contributed by atoms with van der Waals surface area (Å²) in [5, 5.41) is 4.69. The third-order valence-electron chi connectivity index (χ3n) is 3.41. The molecule has 1 atom stereocenters. The molecule has 0 bridgehead atoms. The first-order chi connectivity index (χ1) is 11.0. The molecular formula is C16H26N2O4S. The van der Waals surface area contributed by atoms with E-state index in [2.05, 4.69) is 5.32 Å². The topological polar surface area (TPSA) is 67.9 Å². The largest absolute Gasteiger partial charge is 0.383 e. The molecule has 0 spiro atoms. The minimum atomic E-state index is -0.571. The molecule has 130 valence electrons. The van der Waals surface area contributed by atoms with Gasteiger partial charge in [-0.25, -0.2) is 0 Å². The smallest absolute Gasteiger partial charge is 0.262 e. The van der Waals surface area contributed by atoms with Crippen molar-refractivity contribution in [3.63, 3.8) is 0 Å². The van der Waals surface area contributed by atoms with Crippen molar-refractivity contribution in [2.45, 2.75) is 19.9 Å². The molecule has 23 heavy (non-hydrogen) atoms. The second-order valence-corrected chi connectivity index (χ2v) is 6.43. The van der Waals surface area contributed by atoms with Crippen LogP contribution in [-0.4, -0.2) is 63.3 Å². The van der Waals surface area contributed by atoms with Crippen molar-refractivity contribution in [1.29, 1.82) is 0 Å². The zero-order valence-electron chi connectivity index (χ0n) is 14.2. The fourth-order valence-corrected chi connectivity index (χ4v) is 2.69. The first kappa shape index (κ1) is 19.6. The van der Waals surface area contributed by atoms with Crippen molar-refractivity contribution in [1.82, 2.24) is 10.2 Å². The van der Waals surface area contributed by atoms with Gasteiger partial charge < -0.3 is 19.7 Å². The highest BCUT2D eigenvalue weighted by atomic mass is 32.1. The van der Waals surface area contributed by atoms with Crippen molar-refractivity contribution < 1.29 is 19.1 Å². The molecule has 0 aliphatic heterocycles. The van der Waals surface area contributed by atoms with Crippen LogP contribution in [-0.2, 0) is 14.3 Å². The van der Waals surface area contributed by atoms with E-state index in [-0.39, 0.29) is 17.7 Å². The van der Waals surface area contributed by atoms with Gasteiger partial charge in [0.2, 0.25) is 5.91 Å². The van der Waals surface area contributed by atoms with Gasteiger partial charge in [0.15, 0.2) is 0 Å². The van der Waals surface area contributed by atoms with Crippen LogP contribution in [0.4, 0.5) is 0 Å². The summed E-state index contributed by atoms with van der Waals surface area (Å²) in [5.41, 5.74) is 0. The zero-order chi connectivity index (χ0) is 17.2. The van der Waals surface area contributed by atoms with E-state index in [4.69, 9.17) is 9.47 Å². The average Bonchev–Trinajstić information content (AvgIpc) is 3.06. The molecule has 0 aromatic carbocycles. The molecule has 1 unspecified atom stereocenters. The Morgan fingerprint density at radius 1 is 1.22 bits per heavy atom. The maximum atomic E-state index is 12.8. The molecule has 0 radical (unpaired) electrons. The summed E-state index contributed by atoms with van der Waals surface area (Å²) in [4.78, 5) is 27.3. The lowest BCUT2D eigenvalue weighted by molar-refractivity contribution is -0.135. The van der Waals surface area contributed by atoms with Gasteiger partial charge in [-0.3, -0.25) is 9.59 Å². The van der Waals surface area contributed by atoms with Crippen molar-refractivity contribution in [3.8, 4) is 0 Å². The van der Waals surface area contributed by atoms with E-state index in [9.17, 15) is 9.59 Å². The number of carbonyl (C=O) groups excluding carboxylic acids is 2. The van der Waals surface area contributed by atoms with Gasteiger partial charge in [-0.2, -0.15) is 0 Å². The van der Waals surface area contributed by atoms with Crippen LogP contribution < -0.4 is 5.32 Å². The highest BCUT2D eigenvalue weighted by Crippen LogP contribution is 2.12. The molecule has 1 rings (SSSR count). The quantitative estimate of drug-likeness (QED) is 0.702. The van der Waals surface area contributed by atoms with Gasteiger partial charge in [0.25, 0.3) is 5.91 Å². The third kappa shape index (κ3) is 6.29. The summed E-state index contributed by atoms with van der Waals surface area (Å²) in [5.74, 6) is -0.344. The molecule has 2 amide bonds. The number of thiophene rings is 1. The molecule has 1 aromatic heterocycles. The number of hydrogen-bond donors (Lipinski definition) is 1. The monoisotopic (exact) mass is 342 g/mol. The van der Waals surface area contributed by atoms with Crippen LogP contribution in [0, 0.1) is 5.92 Å². The van der Waals surface area contributed by atoms with E-state index in [0.29, 0.717) is 31.2 Å². The Morgan fingerprint density at radius 2 is 1.83 bits per heavy atom. The highest BCUT2D eigenvalue weighted by Gasteiger charge is 2.28. The van der Waals surface area contributed by atoms with E-state index >= 15 is 0 Å². The molecule has 0 saturated heterocycles. The number of carbonyl (C=O) groups is 2. The minimum Gasteiger partial charge on any atom is -0.383 e. The molecule has 1 heterocycles. The van der Waals surface area contributed by atoms with E-state index in [1.807, 2.05) is 25.3 Å². The van der Waals surface area contributed by atoms with Crippen LogP contribution in [0.2, 0.25) is 0 Å². The number of rotatable bonds is 10. The van der Waals surface area contributed by atoms with Crippen LogP contribution in [0.3, 0.4) is 0 Å². The molecule has 0 aliphatic carbocycles. The molecule has 1 N–H and O–H groups in total. The summed E-state index contributed by atoms with van der Waals surface area (Å²) < 4.78 is 10.1. The lowest BCUT2D eigenvalue weighted by atomic mass is 10.0. The molecule has 0 saturated carbocycles. The summed E-state index contributed by atoms with van der Waals surface area (Å²) in [6, 6.07) is 2.99. The first-order valence-corrected chi connectivity index (χ1v) is 8.50. The maximum Gasteiger partial charge on any atom is 0.262 e. The Hall–Kier alpha value is -1.44. The van der Waals surface area contributed by atoms with Crippen LogP contribution in [0.5, 0.6) is 0 Å². The predicted molar refractivity (Wildman–Crippen MR) is 90.7 cm³/mol. The lowest BCUT2D eigenvalue weighted by Gasteiger charge is -2.29. The number of hydrogen-bond acceptors (Lipinski definition) is 5. The SMILES string of the molecule is COCCN(CCOC)C(=O)C(NC(=O)c1cccs1)C(C)C. The summed E-state index contributed by atoms with van der Waals surface area (Å²) >= 11 is 1.36. The molecule has 7 heteroatoms. The fourth-order valence-electron chi connectivity index (χ4n) is 2.07. The third-order valence-corrected chi connectivity index (χ3v) is 4.28. The highest BCUT2D eigenvalue weighted by molar-refractivity contribution is 7.12. The normalized spacial score (nSPS) is 12.2. The Morgan fingerprint density at radius 3 is 2.26 bits per heavy atom. The van der Waals surface area contributed by atoms with E-state index in [0.717, 1.165) is 0 Å². The lowest BCUT2D eigenvalue weighted by Crippen LogP contribution is -2.52. The summed E-state index contributed by atoms with van der Waals surface area (Å²) in [6.07, 6.45) is 0. The number of nitrogens with one attached hydrogen (secondary N) is 1. The van der Waals surface area contributed by atoms with Gasteiger partial charge >= 0.3 is 0 Å². The molecule has 1 aromatic rings. The molecule has 0 aliphatic rings. The summed E-state index contributed by atoms with van der Waals surface area (Å²) in [6.45, 7) is 5.66. The fraction of sp³-hybridized carbons (Fsp3) is 0.625. The predicted octanol–water partition coefficient (Wildman–Crippen LogP) is 1.62. The van der Waals surface area contributed by atoms with Gasteiger partial charge in [0.05, 0.1) is 18.1 Å². The van der Waals surface area contributed by atoms with Crippen molar-refractivity contribution >= 4 is 23.2 Å². The zero-order valence-corrected chi connectivity index (χ0v) is 15.0. The van der Waals surface area contributed by atoms with Gasteiger partial charge in [0.1, 0.15) is 6.04 Å². The van der Waals surface area contributed by atoms with Crippen LogP contribution >= 0.6 is 11.3 Å². The first-order valence-electron chi connectivity index (χ1n) is 7.62. The Labute approximate surface area is 141 Å². The van der Waals surface area contributed by atoms with Crippen LogP contribution in [0.25, 0.3) is 0 Å². The Bertz CT molecular complexity index is 468. The maximum absolute atomic E-state index is 12.8. The van der Waals surface area contributed by atoms with Gasteiger partial charge in [-0.1, -0.05) is 19.9 Å². The van der Waals surface area contributed by atoms with Gasteiger partial charge in [0, 0.05) is 27.3 Å². The number of nitrogens with zero attached hydrogens (tertiary/aromatic N) is 1. The second-order valence-electron chi connectivity index (χ2n) is 5.48. The number of amides is 2. The van der Waals surface area contributed by atoms with Crippen LogP contribution in [0.1, 0.15) is 23.5 Å². The van der Waals surface area contributed by atoms with Crippen molar-refractivity contribution in [2.24, 2.45) is 5.92 Å². The van der Waals surface area contributed by atoms with Crippen molar-refractivity contribution in [2.75, 3.05) is 40.5 Å². The van der Waals surface area contributed by atoms with Gasteiger partial charge in [-0.15, -0.1) is 11.3 Å². The Kier molecular flexibility index (Phi) is 8.83. The molecule has 0 fully saturated rings. The van der Waals surface area contributed by atoms with E-state index in [1.54, 1.807) is 25.2 Å². The van der Waals surface area contributed by atoms with Gasteiger partial charge in [-0.05, 0) is 17.4 Å². The summed E-state index contributed by atoms with van der Waals surface area (Å²) in [7, 11) is 3.19. The minimum absolute atomic E-state index is 0.0148. The van der Waals surface area contributed by atoms with E-state index in [1.165, 1.54) is 11.3 Å². The number of ether oxygens (including phenoxy) is 2. The average molecular weight is 342 g/mol. The molecular weight excluding hydrogens is 316 g/mol. The standard InChI is InChI=1S/C16H26N2O4S/c1-12(2)14(17-15(19)13-6-5-11-23-13)16(20)18(7-9-21-3)8-10-22-4/h5-6,11-12,14H,7-10H2,1-4H3,(H,17,19). The van der Waals surface area contributed by atoms with Crippen LogP contribution in [0.15, 0.2) is 17.5 Å². The van der Waals surface area contributed by atoms with Crippen molar-refractivity contribution in [3.05, 3.63) is 22.4 Å². The van der Waals surface area contributed by atoms with E-state index < -0.39 is 6.04 Å². The number of methoxy groups -OCH3 is 2.